The van der Waals surface area contributed by atoms with Crippen LogP contribution in [0.4, 0.5) is 14.6 Å². The SMILES string of the molecule is C#Cc1c(F)ccc2cc(O)cc(-c3ccc4c(N5Cc6cn(C)nc6C5)nc(OCC56CCCC5N(C)CCC6)nc4c3F)c12. The smallest absolute Gasteiger partial charge is 0.319 e. The van der Waals surface area contributed by atoms with Gasteiger partial charge in [-0.15, -0.1) is 6.42 Å². The number of piperidine rings is 1. The first-order valence-corrected chi connectivity index (χ1v) is 15.8. The van der Waals surface area contributed by atoms with Crippen molar-refractivity contribution in [1.29, 1.82) is 0 Å². The molecular formula is C36H34F2N6O2. The zero-order chi connectivity index (χ0) is 31.7. The summed E-state index contributed by atoms with van der Waals surface area (Å²) >= 11 is 0. The minimum atomic E-state index is -0.630. The number of ether oxygens (including phenoxy) is 1. The van der Waals surface area contributed by atoms with Crippen LogP contribution in [0.3, 0.4) is 0 Å². The number of aromatic hydroxyl groups is 1. The minimum absolute atomic E-state index is 0.00449. The third-order valence-electron chi connectivity index (χ3n) is 10.3. The van der Waals surface area contributed by atoms with Crippen molar-refractivity contribution >= 4 is 27.5 Å². The number of hydrogen-bond acceptors (Lipinski definition) is 7. The average molecular weight is 621 g/mol. The number of aryl methyl sites for hydroxylation is 1. The number of aromatic nitrogens is 4. The van der Waals surface area contributed by atoms with E-state index in [1.807, 2.05) is 13.2 Å². The van der Waals surface area contributed by atoms with Crippen LogP contribution in [0.2, 0.25) is 0 Å². The zero-order valence-corrected chi connectivity index (χ0v) is 25.9. The Kier molecular flexibility index (Phi) is 6.66. The Hall–Kier alpha value is -4.75. The quantitative estimate of drug-likeness (QED) is 0.231. The Balaban J connectivity index is 1.27. The Morgan fingerprint density at radius 2 is 1.91 bits per heavy atom. The molecule has 0 spiro atoms. The lowest BCUT2D eigenvalue weighted by atomic mass is 9.76. The fourth-order valence-corrected chi connectivity index (χ4v) is 8.24. The molecule has 0 radical (unpaired) electrons. The molecule has 2 unspecified atom stereocenters. The highest BCUT2D eigenvalue weighted by atomic mass is 19.1. The summed E-state index contributed by atoms with van der Waals surface area (Å²) in [7, 11) is 4.08. The maximum Gasteiger partial charge on any atom is 0.319 e. The number of fused-ring (bicyclic) bond motifs is 4. The molecule has 1 saturated heterocycles. The lowest BCUT2D eigenvalue weighted by Crippen LogP contribution is -2.50. The Labute approximate surface area is 265 Å². The van der Waals surface area contributed by atoms with Gasteiger partial charge in [0.05, 0.1) is 24.4 Å². The van der Waals surface area contributed by atoms with Gasteiger partial charge in [-0.3, -0.25) is 4.68 Å². The predicted octanol–water partition coefficient (Wildman–Crippen LogP) is 6.31. The van der Waals surface area contributed by atoms with Crippen molar-refractivity contribution in [2.45, 2.75) is 51.2 Å². The molecule has 4 heterocycles. The largest absolute Gasteiger partial charge is 0.508 e. The first-order chi connectivity index (χ1) is 22.2. The summed E-state index contributed by atoms with van der Waals surface area (Å²) in [5.41, 5.74) is 2.55. The standard InChI is InChI=1S/C36H34F2N6O2/c1-4-24-28(37)11-8-21-15-23(45)16-27(31(21)24)25-9-10-26-33(32(25)38)39-35(40-34(26)44-18-22-17-43(3)41-29(22)19-44)46-20-36-12-5-7-30(36)42(2)14-6-13-36/h1,8-11,15-17,30,45H,5-7,12-14,18-20H2,2-3H3. The third-order valence-corrected chi connectivity index (χ3v) is 10.3. The molecule has 3 aliphatic rings. The Morgan fingerprint density at radius 3 is 2.74 bits per heavy atom. The van der Waals surface area contributed by atoms with Crippen LogP contribution in [-0.2, 0) is 20.1 Å². The number of terminal acetylenes is 1. The number of nitrogens with zero attached hydrogens (tertiary/aromatic N) is 6. The summed E-state index contributed by atoms with van der Waals surface area (Å²) in [5.74, 6) is 1.66. The van der Waals surface area contributed by atoms with E-state index in [0.29, 0.717) is 47.7 Å². The molecule has 8 nitrogen and oxygen atoms in total. The molecule has 10 heteroatoms. The van der Waals surface area contributed by atoms with Gasteiger partial charge in [-0.1, -0.05) is 24.5 Å². The molecule has 2 aliphatic heterocycles. The van der Waals surface area contributed by atoms with Crippen LogP contribution in [0, 0.1) is 29.4 Å². The zero-order valence-electron chi connectivity index (χ0n) is 25.9. The molecular weight excluding hydrogens is 586 g/mol. The van der Waals surface area contributed by atoms with Crippen molar-refractivity contribution in [2.75, 3.05) is 25.1 Å². The monoisotopic (exact) mass is 620 g/mol. The topological polar surface area (TPSA) is 79.5 Å². The first kappa shape index (κ1) is 28.7. The summed E-state index contributed by atoms with van der Waals surface area (Å²) in [6.45, 7) is 2.62. The van der Waals surface area contributed by atoms with Gasteiger partial charge in [0.1, 0.15) is 22.9 Å². The van der Waals surface area contributed by atoms with Crippen LogP contribution < -0.4 is 9.64 Å². The van der Waals surface area contributed by atoms with E-state index in [1.165, 1.54) is 24.3 Å². The van der Waals surface area contributed by atoms with Crippen molar-refractivity contribution in [1.82, 2.24) is 24.6 Å². The molecule has 46 heavy (non-hydrogen) atoms. The van der Waals surface area contributed by atoms with Crippen LogP contribution in [0.15, 0.2) is 42.6 Å². The molecule has 0 amide bonds. The van der Waals surface area contributed by atoms with Gasteiger partial charge in [-0.25, -0.2) is 8.78 Å². The summed E-state index contributed by atoms with van der Waals surface area (Å²) < 4.78 is 40.0. The van der Waals surface area contributed by atoms with Crippen LogP contribution >= 0.6 is 0 Å². The van der Waals surface area contributed by atoms with Gasteiger partial charge in [-0.2, -0.15) is 15.1 Å². The minimum Gasteiger partial charge on any atom is -0.508 e. The number of phenols is 1. The molecule has 8 rings (SSSR count). The van der Waals surface area contributed by atoms with Gasteiger partial charge in [0.25, 0.3) is 0 Å². The maximum atomic E-state index is 16.9. The molecule has 1 N–H and O–H groups in total. The van der Waals surface area contributed by atoms with Gasteiger partial charge in [-0.05, 0) is 74.5 Å². The second-order valence-corrected chi connectivity index (χ2v) is 13.1. The van der Waals surface area contributed by atoms with Crippen LogP contribution in [0.5, 0.6) is 11.8 Å². The summed E-state index contributed by atoms with van der Waals surface area (Å²) in [6, 6.07) is 9.62. The number of hydrogen-bond donors (Lipinski definition) is 1. The van der Waals surface area contributed by atoms with E-state index in [0.717, 1.165) is 49.9 Å². The van der Waals surface area contributed by atoms with E-state index in [1.54, 1.807) is 16.8 Å². The van der Waals surface area contributed by atoms with Gasteiger partial charge < -0.3 is 19.6 Å². The van der Waals surface area contributed by atoms with Gasteiger partial charge in [0.15, 0.2) is 5.82 Å². The van der Waals surface area contributed by atoms with E-state index in [4.69, 9.17) is 16.1 Å². The van der Waals surface area contributed by atoms with E-state index in [-0.39, 0.29) is 39.4 Å². The van der Waals surface area contributed by atoms with Crippen LogP contribution in [-0.4, -0.2) is 56.0 Å². The molecule has 5 aromatic rings. The Bertz CT molecular complexity index is 2060. The summed E-state index contributed by atoms with van der Waals surface area (Å²) in [4.78, 5) is 14.1. The molecule has 234 valence electrons. The number of benzene rings is 3. The van der Waals surface area contributed by atoms with Gasteiger partial charge in [0, 0.05) is 53.1 Å². The van der Waals surface area contributed by atoms with Crippen molar-refractivity contribution in [3.8, 4) is 35.2 Å². The highest BCUT2D eigenvalue weighted by Gasteiger charge is 2.47. The van der Waals surface area contributed by atoms with Crippen molar-refractivity contribution in [3.05, 3.63) is 71.1 Å². The van der Waals surface area contributed by atoms with Crippen LogP contribution in [0.1, 0.15) is 48.9 Å². The van der Waals surface area contributed by atoms with E-state index in [9.17, 15) is 9.50 Å². The second kappa shape index (κ2) is 10.7. The molecule has 1 saturated carbocycles. The van der Waals surface area contributed by atoms with Crippen molar-refractivity contribution < 1.29 is 18.6 Å². The second-order valence-electron chi connectivity index (χ2n) is 13.1. The summed E-state index contributed by atoms with van der Waals surface area (Å²) in [5, 5.41) is 16.5. The van der Waals surface area contributed by atoms with Gasteiger partial charge >= 0.3 is 6.01 Å². The van der Waals surface area contributed by atoms with Crippen molar-refractivity contribution in [3.63, 3.8) is 0 Å². The molecule has 2 atom stereocenters. The van der Waals surface area contributed by atoms with Gasteiger partial charge in [0.2, 0.25) is 0 Å². The fraction of sp³-hybridized carbons (Fsp3) is 0.361. The van der Waals surface area contributed by atoms with E-state index in [2.05, 4.69) is 32.9 Å². The van der Waals surface area contributed by atoms with E-state index < -0.39 is 11.6 Å². The number of rotatable bonds is 5. The summed E-state index contributed by atoms with van der Waals surface area (Å²) in [6.07, 6.45) is 13.3. The van der Waals surface area contributed by atoms with Crippen LogP contribution in [0.25, 0.3) is 32.8 Å². The predicted molar refractivity (Wildman–Crippen MR) is 173 cm³/mol. The number of halogens is 2. The average Bonchev–Trinajstić information content (AvgIpc) is 3.74. The lowest BCUT2D eigenvalue weighted by Gasteiger charge is -2.44. The van der Waals surface area contributed by atoms with E-state index >= 15 is 4.39 Å². The first-order valence-electron chi connectivity index (χ1n) is 15.8. The molecule has 2 fully saturated rings. The molecule has 3 aromatic carbocycles. The molecule has 2 aromatic heterocycles. The normalized spacial score (nSPS) is 21.1. The Morgan fingerprint density at radius 1 is 1.07 bits per heavy atom. The highest BCUT2D eigenvalue weighted by molar-refractivity contribution is 6.04. The lowest BCUT2D eigenvalue weighted by molar-refractivity contribution is 0.0133. The van der Waals surface area contributed by atoms with Crippen molar-refractivity contribution in [2.24, 2.45) is 12.5 Å². The number of anilines is 1. The number of phenolic OH excluding ortho intramolecular Hbond substituents is 1. The highest BCUT2D eigenvalue weighted by Crippen LogP contribution is 2.48. The maximum absolute atomic E-state index is 16.9. The molecule has 1 aliphatic carbocycles. The molecule has 0 bridgehead atoms. The number of likely N-dealkylation sites (tertiary alicyclic amines) is 1. The third kappa shape index (κ3) is 4.48. The fourth-order valence-electron chi connectivity index (χ4n) is 8.24.